The van der Waals surface area contributed by atoms with E-state index in [9.17, 15) is 8.42 Å². The Morgan fingerprint density at radius 2 is 1.76 bits per heavy atom. The maximum atomic E-state index is 11.7. The van der Waals surface area contributed by atoms with Gasteiger partial charge in [-0.1, -0.05) is 29.8 Å². The van der Waals surface area contributed by atoms with E-state index in [0.29, 0.717) is 6.54 Å². The van der Waals surface area contributed by atoms with Gasteiger partial charge in [-0.25, -0.2) is 13.1 Å². The van der Waals surface area contributed by atoms with Crippen LogP contribution in [0, 0.1) is 6.92 Å². The van der Waals surface area contributed by atoms with Gasteiger partial charge in [-0.15, -0.1) is 0 Å². The van der Waals surface area contributed by atoms with Gasteiger partial charge in [-0.05, 0) is 37.7 Å². The molecule has 0 amide bonds. The first-order valence-electron chi connectivity index (χ1n) is 6.55. The van der Waals surface area contributed by atoms with Crippen molar-refractivity contribution in [1.29, 1.82) is 0 Å². The number of rotatable bonds is 5. The molecule has 0 radical (unpaired) electrons. The second-order valence-electron chi connectivity index (χ2n) is 4.80. The predicted molar refractivity (Wildman–Crippen MR) is 85.6 cm³/mol. The van der Waals surface area contributed by atoms with Crippen LogP contribution in [0.15, 0.2) is 47.4 Å². The standard InChI is InChI=1S/C15H19N3O2S/c1-11-3-5-12(6-4-11)10-18-13-7-8-15(14(16)9-13)21(19,20)17-2/h3-9,17-18H,10,16H2,1-2H3. The molecule has 0 bridgehead atoms. The molecule has 2 rings (SSSR count). The second kappa shape index (κ2) is 6.15. The van der Waals surface area contributed by atoms with Crippen LogP contribution in [-0.2, 0) is 16.6 Å². The Hall–Kier alpha value is -2.05. The number of hydrogen-bond donors (Lipinski definition) is 3. The number of hydrogen-bond acceptors (Lipinski definition) is 4. The van der Waals surface area contributed by atoms with Gasteiger partial charge in [0.15, 0.2) is 0 Å². The van der Waals surface area contributed by atoms with Crippen LogP contribution in [-0.4, -0.2) is 15.5 Å². The summed E-state index contributed by atoms with van der Waals surface area (Å²) in [6, 6.07) is 13.0. The molecule has 2 aromatic rings. The van der Waals surface area contributed by atoms with E-state index in [4.69, 9.17) is 5.73 Å². The highest BCUT2D eigenvalue weighted by Crippen LogP contribution is 2.22. The Bertz CT molecular complexity index is 725. The van der Waals surface area contributed by atoms with E-state index >= 15 is 0 Å². The van der Waals surface area contributed by atoms with Gasteiger partial charge in [-0.3, -0.25) is 0 Å². The fourth-order valence-electron chi connectivity index (χ4n) is 1.92. The van der Waals surface area contributed by atoms with Crippen molar-refractivity contribution in [2.45, 2.75) is 18.4 Å². The molecule has 0 spiro atoms. The van der Waals surface area contributed by atoms with E-state index in [1.54, 1.807) is 12.1 Å². The average molecular weight is 305 g/mol. The van der Waals surface area contributed by atoms with Gasteiger partial charge in [0.05, 0.1) is 5.69 Å². The van der Waals surface area contributed by atoms with Crippen LogP contribution in [0.2, 0.25) is 0 Å². The van der Waals surface area contributed by atoms with Crippen LogP contribution in [0.4, 0.5) is 11.4 Å². The van der Waals surface area contributed by atoms with Gasteiger partial charge in [0.2, 0.25) is 10.0 Å². The van der Waals surface area contributed by atoms with Crippen molar-refractivity contribution in [3.8, 4) is 0 Å². The highest BCUT2D eigenvalue weighted by molar-refractivity contribution is 7.89. The summed E-state index contributed by atoms with van der Waals surface area (Å²) in [6.45, 7) is 2.69. The van der Waals surface area contributed by atoms with Crippen LogP contribution >= 0.6 is 0 Å². The van der Waals surface area contributed by atoms with Gasteiger partial charge in [0.1, 0.15) is 4.90 Å². The molecular weight excluding hydrogens is 286 g/mol. The van der Waals surface area contributed by atoms with Gasteiger partial charge in [0.25, 0.3) is 0 Å². The van der Waals surface area contributed by atoms with Crippen LogP contribution in [0.1, 0.15) is 11.1 Å². The Morgan fingerprint density at radius 3 is 2.33 bits per heavy atom. The largest absolute Gasteiger partial charge is 0.398 e. The van der Waals surface area contributed by atoms with Crippen LogP contribution < -0.4 is 15.8 Å². The van der Waals surface area contributed by atoms with Crippen LogP contribution in [0.3, 0.4) is 0 Å². The lowest BCUT2D eigenvalue weighted by Crippen LogP contribution is -2.20. The van der Waals surface area contributed by atoms with Crippen molar-refractivity contribution in [3.63, 3.8) is 0 Å². The summed E-state index contributed by atoms with van der Waals surface area (Å²) in [5.74, 6) is 0. The molecule has 4 N–H and O–H groups in total. The van der Waals surface area contributed by atoms with E-state index in [2.05, 4.69) is 10.0 Å². The van der Waals surface area contributed by atoms with Crippen molar-refractivity contribution in [1.82, 2.24) is 4.72 Å². The van der Waals surface area contributed by atoms with E-state index in [1.807, 2.05) is 31.2 Å². The van der Waals surface area contributed by atoms with Crippen molar-refractivity contribution < 1.29 is 8.42 Å². The fraction of sp³-hybridized carbons (Fsp3) is 0.200. The average Bonchev–Trinajstić information content (AvgIpc) is 2.46. The lowest BCUT2D eigenvalue weighted by atomic mass is 10.1. The summed E-state index contributed by atoms with van der Waals surface area (Å²) in [5.41, 5.74) is 9.17. The highest BCUT2D eigenvalue weighted by Gasteiger charge is 2.15. The van der Waals surface area contributed by atoms with Crippen LogP contribution in [0.5, 0.6) is 0 Å². The zero-order valence-corrected chi connectivity index (χ0v) is 12.9. The molecule has 112 valence electrons. The molecule has 0 heterocycles. The van der Waals surface area contributed by atoms with Gasteiger partial charge < -0.3 is 11.1 Å². The molecule has 21 heavy (non-hydrogen) atoms. The summed E-state index contributed by atoms with van der Waals surface area (Å²) in [4.78, 5) is 0.0888. The molecule has 0 saturated heterocycles. The zero-order chi connectivity index (χ0) is 15.5. The smallest absolute Gasteiger partial charge is 0.242 e. The third kappa shape index (κ3) is 3.74. The van der Waals surface area contributed by atoms with E-state index < -0.39 is 10.0 Å². The molecule has 0 unspecified atom stereocenters. The minimum absolute atomic E-state index is 0.0888. The SMILES string of the molecule is CNS(=O)(=O)c1ccc(NCc2ccc(C)cc2)cc1N. The molecule has 6 heteroatoms. The minimum atomic E-state index is -3.52. The Kier molecular flexibility index (Phi) is 4.50. The molecule has 5 nitrogen and oxygen atoms in total. The normalized spacial score (nSPS) is 11.3. The van der Waals surface area contributed by atoms with Crippen molar-refractivity contribution >= 4 is 21.4 Å². The van der Waals surface area contributed by atoms with Gasteiger partial charge in [-0.2, -0.15) is 0 Å². The Labute approximate surface area is 125 Å². The summed E-state index contributed by atoms with van der Waals surface area (Å²) in [6.07, 6.45) is 0. The topological polar surface area (TPSA) is 84.2 Å². The number of nitrogen functional groups attached to an aromatic ring is 1. The second-order valence-corrected chi connectivity index (χ2v) is 6.65. The number of sulfonamides is 1. The quantitative estimate of drug-likeness (QED) is 0.739. The molecule has 0 aromatic heterocycles. The van der Waals surface area contributed by atoms with Crippen molar-refractivity contribution in [2.75, 3.05) is 18.1 Å². The van der Waals surface area contributed by atoms with E-state index in [1.165, 1.54) is 18.7 Å². The molecule has 0 aliphatic carbocycles. The maximum Gasteiger partial charge on any atom is 0.242 e. The first kappa shape index (κ1) is 15.3. The number of benzene rings is 2. The molecule has 0 saturated carbocycles. The number of anilines is 2. The molecule has 0 aliphatic rings. The molecule has 0 atom stereocenters. The lowest BCUT2D eigenvalue weighted by Gasteiger charge is -2.11. The third-order valence-electron chi connectivity index (χ3n) is 3.19. The first-order chi connectivity index (χ1) is 9.92. The summed E-state index contributed by atoms with van der Waals surface area (Å²) in [5, 5.41) is 3.22. The maximum absolute atomic E-state index is 11.7. The van der Waals surface area contributed by atoms with Gasteiger partial charge in [0, 0.05) is 12.2 Å². The van der Waals surface area contributed by atoms with Crippen LogP contribution in [0.25, 0.3) is 0 Å². The van der Waals surface area contributed by atoms with Gasteiger partial charge >= 0.3 is 0 Å². The third-order valence-corrected chi connectivity index (χ3v) is 4.67. The van der Waals surface area contributed by atoms with E-state index in [0.717, 1.165) is 11.3 Å². The Morgan fingerprint density at radius 1 is 1.10 bits per heavy atom. The Balaban J connectivity index is 2.12. The molecular formula is C15H19N3O2S. The molecule has 2 aromatic carbocycles. The molecule has 0 fully saturated rings. The monoisotopic (exact) mass is 305 g/mol. The first-order valence-corrected chi connectivity index (χ1v) is 8.03. The van der Waals surface area contributed by atoms with E-state index in [-0.39, 0.29) is 10.6 Å². The molecule has 0 aliphatic heterocycles. The zero-order valence-electron chi connectivity index (χ0n) is 12.1. The fourth-order valence-corrected chi connectivity index (χ4v) is 2.76. The summed E-state index contributed by atoms with van der Waals surface area (Å²) < 4.78 is 25.7. The number of nitrogens with two attached hydrogens (primary N) is 1. The van der Waals surface area contributed by atoms with Crippen molar-refractivity contribution in [2.24, 2.45) is 0 Å². The highest BCUT2D eigenvalue weighted by atomic mass is 32.2. The minimum Gasteiger partial charge on any atom is -0.398 e. The van der Waals surface area contributed by atoms with Crippen molar-refractivity contribution in [3.05, 3.63) is 53.6 Å². The predicted octanol–water partition coefficient (Wildman–Crippen LogP) is 2.10. The summed E-state index contributed by atoms with van der Waals surface area (Å²) in [7, 11) is -2.16. The lowest BCUT2D eigenvalue weighted by molar-refractivity contribution is 0.588. The number of nitrogens with one attached hydrogen (secondary N) is 2. The number of aryl methyl sites for hydroxylation is 1. The summed E-state index contributed by atoms with van der Waals surface area (Å²) >= 11 is 0.